The van der Waals surface area contributed by atoms with Crippen molar-refractivity contribution < 1.29 is 14.7 Å². The van der Waals surface area contributed by atoms with Crippen LogP contribution in [0.1, 0.15) is 52.9 Å². The molecule has 0 spiro atoms. The van der Waals surface area contributed by atoms with Gasteiger partial charge in [0.1, 0.15) is 0 Å². The van der Waals surface area contributed by atoms with Crippen LogP contribution in [0.5, 0.6) is 0 Å². The summed E-state index contributed by atoms with van der Waals surface area (Å²) in [6.07, 6.45) is 5.83. The molecule has 1 rings (SSSR count). The van der Waals surface area contributed by atoms with Crippen LogP contribution in [0.2, 0.25) is 0 Å². The van der Waals surface area contributed by atoms with Gasteiger partial charge in [0.2, 0.25) is 0 Å². The highest BCUT2D eigenvalue weighted by Gasteiger charge is 2.27. The minimum atomic E-state index is -0.882. The molecule has 1 fully saturated rings. The molecule has 0 aromatic rings. The summed E-state index contributed by atoms with van der Waals surface area (Å²) in [5, 5.41) is 15.4. The molecule has 0 aliphatic heterocycles. The first-order valence-electron chi connectivity index (χ1n) is 7.51. The van der Waals surface area contributed by atoms with Gasteiger partial charge in [-0.3, -0.25) is 4.79 Å². The number of thioether (sulfide) groups is 1. The number of aliphatic carboxylic acids is 1. The van der Waals surface area contributed by atoms with E-state index in [9.17, 15) is 9.59 Å². The summed E-state index contributed by atoms with van der Waals surface area (Å²) in [7, 11) is 0. The van der Waals surface area contributed by atoms with Gasteiger partial charge in [-0.1, -0.05) is 20.8 Å². The zero-order chi connectivity index (χ0) is 16.0. The molecule has 0 aromatic heterocycles. The Kier molecular flexibility index (Phi) is 6.84. The van der Waals surface area contributed by atoms with Crippen molar-refractivity contribution in [3.8, 4) is 0 Å². The number of carbonyl (C=O) groups is 2. The van der Waals surface area contributed by atoms with Crippen molar-refractivity contribution in [1.29, 1.82) is 0 Å². The molecule has 0 heterocycles. The lowest BCUT2D eigenvalue weighted by Crippen LogP contribution is -2.47. The zero-order valence-electron chi connectivity index (χ0n) is 13.4. The predicted molar refractivity (Wildman–Crippen MR) is 86.7 cm³/mol. The minimum Gasteiger partial charge on any atom is -0.481 e. The number of urea groups is 1. The molecule has 1 saturated carbocycles. The Morgan fingerprint density at radius 2 is 2.00 bits per heavy atom. The molecule has 122 valence electrons. The molecule has 3 N–H and O–H groups in total. The van der Waals surface area contributed by atoms with Crippen molar-refractivity contribution >= 4 is 23.8 Å². The van der Waals surface area contributed by atoms with Gasteiger partial charge in [-0.25, -0.2) is 4.79 Å². The number of carboxylic acid groups (broad SMARTS) is 1. The van der Waals surface area contributed by atoms with E-state index in [0.717, 1.165) is 19.3 Å². The van der Waals surface area contributed by atoms with Crippen molar-refractivity contribution in [2.24, 2.45) is 5.41 Å². The summed E-state index contributed by atoms with van der Waals surface area (Å²) in [4.78, 5) is 23.0. The second-order valence-electron chi connectivity index (χ2n) is 7.05. The number of hydrogen-bond donors (Lipinski definition) is 3. The van der Waals surface area contributed by atoms with Crippen molar-refractivity contribution in [2.45, 2.75) is 70.2 Å². The van der Waals surface area contributed by atoms with Gasteiger partial charge in [0.05, 0.1) is 6.42 Å². The van der Waals surface area contributed by atoms with Crippen LogP contribution in [0, 0.1) is 5.41 Å². The Morgan fingerprint density at radius 3 is 2.48 bits per heavy atom. The SMILES string of the molecule is CSC1CCC(NC(=O)NC(CC(=O)O)CC(C)(C)C)C1. The molecule has 0 bridgehead atoms. The maximum atomic E-state index is 12.0. The van der Waals surface area contributed by atoms with Crippen LogP contribution in [0.4, 0.5) is 4.79 Å². The molecule has 3 atom stereocenters. The lowest BCUT2D eigenvalue weighted by molar-refractivity contribution is -0.137. The van der Waals surface area contributed by atoms with Crippen molar-refractivity contribution in [3.05, 3.63) is 0 Å². The monoisotopic (exact) mass is 316 g/mol. The summed E-state index contributed by atoms with van der Waals surface area (Å²) in [6.45, 7) is 6.13. The molecule has 0 aromatic carbocycles. The number of rotatable bonds is 6. The maximum absolute atomic E-state index is 12.0. The number of nitrogens with one attached hydrogen (secondary N) is 2. The Morgan fingerprint density at radius 1 is 1.33 bits per heavy atom. The number of carboxylic acids is 1. The molecular weight excluding hydrogens is 288 g/mol. The van der Waals surface area contributed by atoms with Crippen LogP contribution in [-0.2, 0) is 4.79 Å². The Bertz CT molecular complexity index is 368. The van der Waals surface area contributed by atoms with Gasteiger partial charge in [0.25, 0.3) is 0 Å². The van der Waals surface area contributed by atoms with Gasteiger partial charge >= 0.3 is 12.0 Å². The summed E-state index contributed by atoms with van der Waals surface area (Å²) in [5.74, 6) is -0.882. The topological polar surface area (TPSA) is 78.4 Å². The quantitative estimate of drug-likeness (QED) is 0.704. The highest BCUT2D eigenvalue weighted by atomic mass is 32.2. The predicted octanol–water partition coefficient (Wildman–Crippen LogP) is 2.85. The summed E-state index contributed by atoms with van der Waals surface area (Å²) in [5.41, 5.74) is -0.0231. The van der Waals surface area contributed by atoms with E-state index in [-0.39, 0.29) is 30.0 Å². The molecule has 2 amide bonds. The van der Waals surface area contributed by atoms with Gasteiger partial charge in [-0.15, -0.1) is 0 Å². The number of carbonyl (C=O) groups excluding carboxylic acids is 1. The van der Waals surface area contributed by atoms with Crippen LogP contribution < -0.4 is 10.6 Å². The lowest BCUT2D eigenvalue weighted by atomic mass is 9.87. The molecule has 5 nitrogen and oxygen atoms in total. The first-order chi connectivity index (χ1) is 9.69. The molecule has 0 saturated heterocycles. The normalized spacial score (nSPS) is 23.6. The fourth-order valence-corrected chi connectivity index (χ4v) is 3.62. The van der Waals surface area contributed by atoms with E-state index < -0.39 is 5.97 Å². The highest BCUT2D eigenvalue weighted by Crippen LogP contribution is 2.28. The fraction of sp³-hybridized carbons (Fsp3) is 0.867. The van der Waals surface area contributed by atoms with Crippen LogP contribution in [-0.4, -0.2) is 40.7 Å². The van der Waals surface area contributed by atoms with Gasteiger partial charge in [-0.2, -0.15) is 11.8 Å². The average Bonchev–Trinajstić information content (AvgIpc) is 2.72. The van der Waals surface area contributed by atoms with Crippen molar-refractivity contribution in [3.63, 3.8) is 0 Å². The molecule has 0 radical (unpaired) electrons. The van der Waals surface area contributed by atoms with Gasteiger partial charge in [0, 0.05) is 17.3 Å². The van der Waals surface area contributed by atoms with E-state index in [1.54, 1.807) is 0 Å². The van der Waals surface area contributed by atoms with Crippen molar-refractivity contribution in [1.82, 2.24) is 10.6 Å². The summed E-state index contributed by atoms with van der Waals surface area (Å²) >= 11 is 1.84. The molecule has 1 aliphatic carbocycles. The average molecular weight is 316 g/mol. The summed E-state index contributed by atoms with van der Waals surface area (Å²) < 4.78 is 0. The Hall–Kier alpha value is -0.910. The third-order valence-corrected chi connectivity index (χ3v) is 4.76. The second-order valence-corrected chi connectivity index (χ2v) is 8.18. The third kappa shape index (κ3) is 7.60. The van der Waals surface area contributed by atoms with Gasteiger partial charge < -0.3 is 15.7 Å². The molecule has 3 unspecified atom stereocenters. The van der Waals surface area contributed by atoms with Gasteiger partial charge in [0.15, 0.2) is 0 Å². The molecule has 21 heavy (non-hydrogen) atoms. The minimum absolute atomic E-state index is 0.0231. The molecule has 6 heteroatoms. The van der Waals surface area contributed by atoms with Gasteiger partial charge in [-0.05, 0) is 37.4 Å². The van der Waals surface area contributed by atoms with Crippen molar-refractivity contribution in [2.75, 3.05) is 6.26 Å². The summed E-state index contributed by atoms with van der Waals surface area (Å²) in [6, 6.07) is -0.361. The standard InChI is InChI=1S/C15H28N2O3S/c1-15(2,3)9-11(8-13(18)19)17-14(20)16-10-5-6-12(7-10)21-4/h10-12H,5-9H2,1-4H3,(H,18,19)(H2,16,17,20). The van der Waals surface area contributed by atoms with E-state index >= 15 is 0 Å². The number of amides is 2. The van der Waals surface area contributed by atoms with Crippen LogP contribution in [0.15, 0.2) is 0 Å². The largest absolute Gasteiger partial charge is 0.481 e. The molecule has 1 aliphatic rings. The van der Waals surface area contributed by atoms with E-state index in [0.29, 0.717) is 11.7 Å². The van der Waals surface area contributed by atoms with Crippen LogP contribution in [0.3, 0.4) is 0 Å². The Labute approximate surface area is 131 Å². The van der Waals surface area contributed by atoms with Crippen LogP contribution in [0.25, 0.3) is 0 Å². The lowest BCUT2D eigenvalue weighted by Gasteiger charge is -2.26. The fourth-order valence-electron chi connectivity index (χ4n) is 2.82. The highest BCUT2D eigenvalue weighted by molar-refractivity contribution is 7.99. The van der Waals surface area contributed by atoms with E-state index in [1.807, 2.05) is 32.5 Å². The van der Waals surface area contributed by atoms with E-state index in [1.165, 1.54) is 0 Å². The van der Waals surface area contributed by atoms with E-state index in [2.05, 4.69) is 16.9 Å². The third-order valence-electron chi connectivity index (χ3n) is 3.67. The Balaban J connectivity index is 2.46. The number of hydrogen-bond acceptors (Lipinski definition) is 3. The second kappa shape index (κ2) is 7.92. The first-order valence-corrected chi connectivity index (χ1v) is 8.80. The maximum Gasteiger partial charge on any atom is 0.315 e. The first kappa shape index (κ1) is 18.1. The van der Waals surface area contributed by atoms with Crippen LogP contribution >= 0.6 is 11.8 Å². The molecular formula is C15H28N2O3S. The zero-order valence-corrected chi connectivity index (χ0v) is 14.3. The smallest absolute Gasteiger partial charge is 0.315 e. The van der Waals surface area contributed by atoms with E-state index in [4.69, 9.17) is 5.11 Å².